The van der Waals surface area contributed by atoms with Crippen molar-refractivity contribution in [2.45, 2.75) is 17.7 Å². The lowest BCUT2D eigenvalue weighted by Gasteiger charge is -2.34. The first-order valence-electron chi connectivity index (χ1n) is 9.54. The molecule has 0 radical (unpaired) electrons. The molecule has 2 aromatic carbocycles. The molecule has 0 unspecified atom stereocenters. The lowest BCUT2D eigenvalue weighted by Crippen LogP contribution is -2.50. The minimum Gasteiger partial charge on any atom is -0.361 e. The van der Waals surface area contributed by atoms with Crippen LogP contribution in [0.1, 0.15) is 12.0 Å². The minimum absolute atomic E-state index is 0.0632. The van der Waals surface area contributed by atoms with Crippen molar-refractivity contribution in [3.63, 3.8) is 0 Å². The molecule has 1 fully saturated rings. The smallest absolute Gasteiger partial charge is 0.244 e. The highest BCUT2D eigenvalue weighted by atomic mass is 79.9. The van der Waals surface area contributed by atoms with E-state index in [0.29, 0.717) is 43.5 Å². The van der Waals surface area contributed by atoms with Crippen LogP contribution >= 0.6 is 15.9 Å². The lowest BCUT2D eigenvalue weighted by molar-refractivity contribution is -0.132. The van der Waals surface area contributed by atoms with Gasteiger partial charge in [0.1, 0.15) is 0 Å². The average Bonchev–Trinajstić information content (AvgIpc) is 3.15. The van der Waals surface area contributed by atoms with Gasteiger partial charge in [0.25, 0.3) is 0 Å². The Morgan fingerprint density at radius 3 is 2.45 bits per heavy atom. The second-order valence-electron chi connectivity index (χ2n) is 7.07. The summed E-state index contributed by atoms with van der Waals surface area (Å²) < 4.78 is 27.8. The molecule has 8 heteroatoms. The zero-order valence-corrected chi connectivity index (χ0v) is 18.2. The van der Waals surface area contributed by atoms with E-state index < -0.39 is 10.0 Å². The highest BCUT2D eigenvalue weighted by molar-refractivity contribution is 9.10. The van der Waals surface area contributed by atoms with Gasteiger partial charge in [-0.15, -0.1) is 0 Å². The van der Waals surface area contributed by atoms with Crippen molar-refractivity contribution >= 4 is 42.8 Å². The fourth-order valence-corrected chi connectivity index (χ4v) is 6.09. The number of benzene rings is 2. The number of aryl methyl sites for hydroxylation is 1. The molecule has 29 heavy (non-hydrogen) atoms. The molecule has 4 rings (SSSR count). The number of carbonyl (C=O) groups is 1. The van der Waals surface area contributed by atoms with E-state index in [1.165, 1.54) is 4.31 Å². The van der Waals surface area contributed by atoms with Gasteiger partial charge in [-0.25, -0.2) is 8.42 Å². The van der Waals surface area contributed by atoms with Crippen molar-refractivity contribution in [2.24, 2.45) is 0 Å². The Morgan fingerprint density at radius 2 is 1.69 bits per heavy atom. The number of hydrogen-bond acceptors (Lipinski definition) is 3. The Hall–Kier alpha value is -2.16. The van der Waals surface area contributed by atoms with Gasteiger partial charge in [-0.2, -0.15) is 4.31 Å². The zero-order valence-electron chi connectivity index (χ0n) is 15.8. The summed E-state index contributed by atoms with van der Waals surface area (Å²) in [6.07, 6.45) is 3.04. The molecule has 2 heterocycles. The number of fused-ring (bicyclic) bond motifs is 1. The predicted octanol–water partition coefficient (Wildman–Crippen LogP) is 3.40. The van der Waals surface area contributed by atoms with Crippen molar-refractivity contribution in [1.82, 2.24) is 14.2 Å². The maximum Gasteiger partial charge on any atom is 0.244 e. The summed E-state index contributed by atoms with van der Waals surface area (Å²) in [6.45, 7) is 1.44. The van der Waals surface area contributed by atoms with Crippen LogP contribution in [0.15, 0.2) is 64.1 Å². The summed E-state index contributed by atoms with van der Waals surface area (Å²) in [5, 5.41) is 1.14. The van der Waals surface area contributed by atoms with Gasteiger partial charge >= 0.3 is 0 Å². The quantitative estimate of drug-likeness (QED) is 0.614. The van der Waals surface area contributed by atoms with Crippen LogP contribution in [0.3, 0.4) is 0 Å². The van der Waals surface area contributed by atoms with Crippen molar-refractivity contribution in [3.05, 3.63) is 64.8 Å². The van der Waals surface area contributed by atoms with E-state index in [1.54, 1.807) is 29.2 Å². The molecule has 1 aliphatic rings. The summed E-state index contributed by atoms with van der Waals surface area (Å²) in [4.78, 5) is 17.9. The summed E-state index contributed by atoms with van der Waals surface area (Å²) in [7, 11) is -3.57. The number of sulfonamides is 1. The lowest BCUT2D eigenvalue weighted by atomic mass is 10.1. The second-order valence-corrected chi connectivity index (χ2v) is 9.84. The van der Waals surface area contributed by atoms with Crippen LogP contribution in [-0.2, 0) is 21.2 Å². The molecule has 1 saturated heterocycles. The molecule has 1 N–H and O–H groups in total. The number of H-pyrrole nitrogens is 1. The molecule has 6 nitrogen and oxygen atoms in total. The van der Waals surface area contributed by atoms with Crippen LogP contribution < -0.4 is 0 Å². The molecule has 1 aromatic heterocycles. The van der Waals surface area contributed by atoms with Crippen LogP contribution in [0.5, 0.6) is 0 Å². The van der Waals surface area contributed by atoms with Gasteiger partial charge in [0.15, 0.2) is 0 Å². The molecule has 0 bridgehead atoms. The number of aromatic amines is 1. The van der Waals surface area contributed by atoms with Gasteiger partial charge in [0.05, 0.1) is 4.90 Å². The van der Waals surface area contributed by atoms with Gasteiger partial charge in [-0.05, 0) is 46.1 Å². The second kappa shape index (κ2) is 8.30. The molecule has 1 aliphatic heterocycles. The predicted molar refractivity (Wildman–Crippen MR) is 116 cm³/mol. The Balaban J connectivity index is 1.36. The van der Waals surface area contributed by atoms with Crippen LogP contribution in [-0.4, -0.2) is 54.7 Å². The van der Waals surface area contributed by atoms with E-state index in [9.17, 15) is 13.2 Å². The molecule has 152 valence electrons. The number of rotatable bonds is 5. The van der Waals surface area contributed by atoms with E-state index in [2.05, 4.69) is 27.0 Å². The van der Waals surface area contributed by atoms with Crippen LogP contribution in [0.2, 0.25) is 0 Å². The third-order valence-electron chi connectivity index (χ3n) is 5.33. The molecule has 0 saturated carbocycles. The summed E-state index contributed by atoms with van der Waals surface area (Å²) in [5.74, 6) is 0.0632. The van der Waals surface area contributed by atoms with Gasteiger partial charge < -0.3 is 9.88 Å². The van der Waals surface area contributed by atoms with Gasteiger partial charge in [-0.3, -0.25) is 4.79 Å². The van der Waals surface area contributed by atoms with E-state index in [1.807, 2.05) is 24.4 Å². The SMILES string of the molecule is O=C(CCc1c[nH]c2ccccc12)N1CCN(S(=O)(=O)c2ccccc2Br)CC1. The van der Waals surface area contributed by atoms with Gasteiger partial charge in [-0.1, -0.05) is 30.3 Å². The Bertz CT molecular complexity index is 1130. The van der Waals surface area contributed by atoms with Gasteiger partial charge in [0.2, 0.25) is 15.9 Å². The third-order valence-corrected chi connectivity index (χ3v) is 8.24. The monoisotopic (exact) mass is 475 g/mol. The van der Waals surface area contributed by atoms with Crippen LogP contribution in [0.4, 0.5) is 0 Å². The van der Waals surface area contributed by atoms with Gasteiger partial charge in [0, 0.05) is 54.2 Å². The molecule has 3 aromatic rings. The van der Waals surface area contributed by atoms with Crippen molar-refractivity contribution < 1.29 is 13.2 Å². The Kier molecular flexibility index (Phi) is 5.76. The first-order valence-corrected chi connectivity index (χ1v) is 11.8. The summed E-state index contributed by atoms with van der Waals surface area (Å²) in [6, 6.07) is 14.9. The molecule has 0 spiro atoms. The van der Waals surface area contributed by atoms with Crippen molar-refractivity contribution in [3.8, 4) is 0 Å². The zero-order chi connectivity index (χ0) is 20.4. The fourth-order valence-electron chi connectivity index (χ4n) is 3.71. The average molecular weight is 476 g/mol. The van der Waals surface area contributed by atoms with E-state index in [-0.39, 0.29) is 10.8 Å². The summed E-state index contributed by atoms with van der Waals surface area (Å²) >= 11 is 3.32. The first kappa shape index (κ1) is 20.1. The minimum atomic E-state index is -3.57. The van der Waals surface area contributed by atoms with Crippen LogP contribution in [0.25, 0.3) is 10.9 Å². The number of nitrogens with one attached hydrogen (secondary N) is 1. The maximum absolute atomic E-state index is 12.9. The molecular weight excluding hydrogens is 454 g/mol. The topological polar surface area (TPSA) is 73.5 Å². The Labute approximate surface area is 178 Å². The molecular formula is C21H22BrN3O3S. The van der Waals surface area contributed by atoms with E-state index in [0.717, 1.165) is 16.5 Å². The van der Waals surface area contributed by atoms with Crippen molar-refractivity contribution in [1.29, 1.82) is 0 Å². The fraction of sp³-hybridized carbons (Fsp3) is 0.286. The number of aromatic nitrogens is 1. The van der Waals surface area contributed by atoms with E-state index in [4.69, 9.17) is 0 Å². The number of amides is 1. The van der Waals surface area contributed by atoms with E-state index >= 15 is 0 Å². The number of nitrogens with zero attached hydrogens (tertiary/aromatic N) is 2. The van der Waals surface area contributed by atoms with Crippen molar-refractivity contribution in [2.75, 3.05) is 26.2 Å². The standard InChI is InChI=1S/C21H22BrN3O3S/c22-18-6-2-4-8-20(18)29(27,28)25-13-11-24(12-14-25)21(26)10-9-16-15-23-19-7-3-1-5-17(16)19/h1-8,15,23H,9-14H2. The highest BCUT2D eigenvalue weighted by Crippen LogP contribution is 2.25. The number of hydrogen-bond donors (Lipinski definition) is 1. The third kappa shape index (κ3) is 4.10. The number of carbonyl (C=O) groups excluding carboxylic acids is 1. The molecule has 1 amide bonds. The Morgan fingerprint density at radius 1 is 1.00 bits per heavy atom. The molecule has 0 aliphatic carbocycles. The normalized spacial score (nSPS) is 15.7. The van der Waals surface area contributed by atoms with Crippen LogP contribution in [0, 0.1) is 0 Å². The largest absolute Gasteiger partial charge is 0.361 e. The molecule has 0 atom stereocenters. The summed E-state index contributed by atoms with van der Waals surface area (Å²) in [5.41, 5.74) is 2.20. The number of para-hydroxylation sites is 1. The number of piperazine rings is 1. The highest BCUT2D eigenvalue weighted by Gasteiger charge is 2.31. The first-order chi connectivity index (χ1) is 14.0. The number of halogens is 1. The maximum atomic E-state index is 12.9.